The van der Waals surface area contributed by atoms with Gasteiger partial charge >= 0.3 is 0 Å². The molecule has 0 radical (unpaired) electrons. The zero-order chi connectivity index (χ0) is 15.4. The molecule has 0 bridgehead atoms. The van der Waals surface area contributed by atoms with Crippen molar-refractivity contribution in [1.29, 1.82) is 0 Å². The van der Waals surface area contributed by atoms with E-state index in [0.717, 1.165) is 10.9 Å². The zero-order valence-electron chi connectivity index (χ0n) is 12.8. The quantitative estimate of drug-likeness (QED) is 0.834. The lowest BCUT2D eigenvalue weighted by molar-refractivity contribution is -0.126. The fraction of sp³-hybridized carbons (Fsp3) is 0.562. The van der Waals surface area contributed by atoms with Crippen LogP contribution >= 0.6 is 15.9 Å². The van der Waals surface area contributed by atoms with Crippen molar-refractivity contribution in [3.8, 4) is 0 Å². The minimum atomic E-state index is -0.790. The summed E-state index contributed by atoms with van der Waals surface area (Å²) in [4.78, 5) is 12.2. The third kappa shape index (κ3) is 4.60. The predicted octanol–water partition coefficient (Wildman–Crippen LogP) is 3.36. The number of halogens is 1. The molecule has 0 fully saturated rings. The van der Waals surface area contributed by atoms with E-state index in [9.17, 15) is 4.79 Å². The second-order valence-corrected chi connectivity index (χ2v) is 7.16. The lowest BCUT2D eigenvalue weighted by atomic mass is 9.84. The van der Waals surface area contributed by atoms with Crippen LogP contribution in [-0.2, 0) is 10.2 Å². The van der Waals surface area contributed by atoms with Crippen LogP contribution in [0.25, 0.3) is 0 Å². The van der Waals surface area contributed by atoms with Gasteiger partial charge in [0.2, 0.25) is 5.91 Å². The number of hydrogen-bond donors (Lipinski definition) is 2. The Bertz CT molecular complexity index is 469. The lowest BCUT2D eigenvalue weighted by Gasteiger charge is -2.29. The predicted molar refractivity (Wildman–Crippen MR) is 87.7 cm³/mol. The maximum absolute atomic E-state index is 12.2. The van der Waals surface area contributed by atoms with Crippen LogP contribution in [0.5, 0.6) is 0 Å². The molecule has 1 rings (SSSR count). The van der Waals surface area contributed by atoms with Crippen molar-refractivity contribution in [2.45, 2.75) is 51.5 Å². The van der Waals surface area contributed by atoms with Crippen molar-refractivity contribution in [3.63, 3.8) is 0 Å². The number of rotatable bonds is 6. The van der Waals surface area contributed by atoms with Gasteiger partial charge < -0.3 is 11.1 Å². The van der Waals surface area contributed by atoms with Crippen LogP contribution < -0.4 is 11.1 Å². The molecule has 1 aromatic carbocycles. The van der Waals surface area contributed by atoms with Gasteiger partial charge in [-0.2, -0.15) is 0 Å². The van der Waals surface area contributed by atoms with Gasteiger partial charge in [0.15, 0.2) is 0 Å². The van der Waals surface area contributed by atoms with Gasteiger partial charge in [-0.3, -0.25) is 4.79 Å². The van der Waals surface area contributed by atoms with Crippen LogP contribution in [0.1, 0.15) is 46.1 Å². The Balaban J connectivity index is 2.71. The average molecular weight is 341 g/mol. The van der Waals surface area contributed by atoms with Crippen molar-refractivity contribution in [1.82, 2.24) is 5.32 Å². The molecule has 0 aliphatic rings. The Morgan fingerprint density at radius 2 is 2.00 bits per heavy atom. The van der Waals surface area contributed by atoms with Crippen LogP contribution in [0.3, 0.4) is 0 Å². The standard InChI is InChI=1S/C16H25BrN2O/c1-5-9-16(4,18)14(20)19-11-15(2,3)12-7-6-8-13(17)10-12/h6-8,10H,5,9,11,18H2,1-4H3,(H,19,20). The van der Waals surface area contributed by atoms with Gasteiger partial charge in [-0.25, -0.2) is 0 Å². The third-order valence-electron chi connectivity index (χ3n) is 3.59. The molecule has 112 valence electrons. The van der Waals surface area contributed by atoms with Crippen molar-refractivity contribution < 1.29 is 4.79 Å². The van der Waals surface area contributed by atoms with Crippen LogP contribution in [0.2, 0.25) is 0 Å². The second kappa shape index (κ2) is 6.72. The van der Waals surface area contributed by atoms with E-state index in [1.807, 2.05) is 19.1 Å². The molecule has 20 heavy (non-hydrogen) atoms. The summed E-state index contributed by atoms with van der Waals surface area (Å²) in [6.45, 7) is 8.62. The minimum Gasteiger partial charge on any atom is -0.354 e. The van der Waals surface area contributed by atoms with E-state index in [1.54, 1.807) is 6.92 Å². The highest BCUT2D eigenvalue weighted by Gasteiger charge is 2.29. The SMILES string of the molecule is CCCC(C)(N)C(=O)NCC(C)(C)c1cccc(Br)c1. The van der Waals surface area contributed by atoms with E-state index in [4.69, 9.17) is 5.73 Å². The Kier molecular flexibility index (Phi) is 5.78. The molecular formula is C16H25BrN2O. The molecule has 1 aromatic rings. The normalized spacial score (nSPS) is 14.7. The Hall–Kier alpha value is -0.870. The fourth-order valence-corrected chi connectivity index (χ4v) is 2.55. The van der Waals surface area contributed by atoms with Gasteiger partial charge in [0.25, 0.3) is 0 Å². The highest BCUT2D eigenvalue weighted by atomic mass is 79.9. The zero-order valence-corrected chi connectivity index (χ0v) is 14.4. The molecule has 4 heteroatoms. The summed E-state index contributed by atoms with van der Waals surface area (Å²) in [5, 5.41) is 2.99. The summed E-state index contributed by atoms with van der Waals surface area (Å²) < 4.78 is 1.05. The molecule has 0 saturated carbocycles. The summed E-state index contributed by atoms with van der Waals surface area (Å²) in [5.41, 5.74) is 6.30. The summed E-state index contributed by atoms with van der Waals surface area (Å²) >= 11 is 3.48. The summed E-state index contributed by atoms with van der Waals surface area (Å²) in [7, 11) is 0. The van der Waals surface area contributed by atoms with Crippen LogP contribution in [0.4, 0.5) is 0 Å². The second-order valence-electron chi connectivity index (χ2n) is 6.24. The van der Waals surface area contributed by atoms with E-state index in [2.05, 4.69) is 47.2 Å². The van der Waals surface area contributed by atoms with Crippen molar-refractivity contribution in [2.24, 2.45) is 5.73 Å². The fourth-order valence-electron chi connectivity index (χ4n) is 2.15. The van der Waals surface area contributed by atoms with Crippen LogP contribution in [0, 0.1) is 0 Å². The lowest BCUT2D eigenvalue weighted by Crippen LogP contribution is -2.53. The van der Waals surface area contributed by atoms with Crippen LogP contribution in [-0.4, -0.2) is 18.0 Å². The molecule has 3 N–H and O–H groups in total. The van der Waals surface area contributed by atoms with Gasteiger partial charge in [0, 0.05) is 16.4 Å². The van der Waals surface area contributed by atoms with Crippen LogP contribution in [0.15, 0.2) is 28.7 Å². The molecule has 0 heterocycles. The molecule has 0 spiro atoms. The molecule has 1 unspecified atom stereocenters. The summed E-state index contributed by atoms with van der Waals surface area (Å²) in [6.07, 6.45) is 1.59. The number of amides is 1. The van der Waals surface area contributed by atoms with E-state index in [-0.39, 0.29) is 11.3 Å². The Morgan fingerprint density at radius 3 is 2.55 bits per heavy atom. The largest absolute Gasteiger partial charge is 0.354 e. The number of carbonyl (C=O) groups excluding carboxylic acids is 1. The van der Waals surface area contributed by atoms with Crippen molar-refractivity contribution in [2.75, 3.05) is 6.54 Å². The topological polar surface area (TPSA) is 55.1 Å². The number of nitrogens with one attached hydrogen (secondary N) is 1. The number of benzene rings is 1. The average Bonchev–Trinajstić information content (AvgIpc) is 2.36. The first-order valence-corrected chi connectivity index (χ1v) is 7.81. The maximum atomic E-state index is 12.2. The van der Waals surface area contributed by atoms with Gasteiger partial charge in [0.05, 0.1) is 5.54 Å². The molecular weight excluding hydrogens is 316 g/mol. The van der Waals surface area contributed by atoms with Gasteiger partial charge in [0.1, 0.15) is 0 Å². The van der Waals surface area contributed by atoms with Gasteiger partial charge in [-0.1, -0.05) is 55.3 Å². The van der Waals surface area contributed by atoms with E-state index < -0.39 is 5.54 Å². The monoisotopic (exact) mass is 340 g/mol. The molecule has 0 aromatic heterocycles. The van der Waals surface area contributed by atoms with Gasteiger partial charge in [-0.05, 0) is 31.0 Å². The molecule has 0 aliphatic heterocycles. The number of nitrogens with two attached hydrogens (primary N) is 1. The molecule has 0 aliphatic carbocycles. The summed E-state index contributed by atoms with van der Waals surface area (Å²) in [5.74, 6) is -0.0811. The van der Waals surface area contributed by atoms with E-state index >= 15 is 0 Å². The van der Waals surface area contributed by atoms with E-state index in [0.29, 0.717) is 13.0 Å². The van der Waals surface area contributed by atoms with Gasteiger partial charge in [-0.15, -0.1) is 0 Å². The Morgan fingerprint density at radius 1 is 1.35 bits per heavy atom. The molecule has 0 saturated heterocycles. The van der Waals surface area contributed by atoms with Crippen molar-refractivity contribution >= 4 is 21.8 Å². The first-order valence-electron chi connectivity index (χ1n) is 7.02. The maximum Gasteiger partial charge on any atom is 0.239 e. The third-order valence-corrected chi connectivity index (χ3v) is 4.08. The van der Waals surface area contributed by atoms with Crippen molar-refractivity contribution in [3.05, 3.63) is 34.3 Å². The first kappa shape index (κ1) is 17.2. The Labute approximate surface area is 130 Å². The summed E-state index contributed by atoms with van der Waals surface area (Å²) in [6, 6.07) is 8.16. The highest BCUT2D eigenvalue weighted by Crippen LogP contribution is 2.25. The molecule has 3 nitrogen and oxygen atoms in total. The molecule has 1 amide bonds. The van der Waals surface area contributed by atoms with E-state index in [1.165, 1.54) is 5.56 Å². The first-order chi connectivity index (χ1) is 9.19. The number of hydrogen-bond acceptors (Lipinski definition) is 2. The smallest absolute Gasteiger partial charge is 0.239 e. The highest BCUT2D eigenvalue weighted by molar-refractivity contribution is 9.10. The molecule has 1 atom stereocenters. The number of carbonyl (C=O) groups is 1. The minimum absolute atomic E-state index is 0.0811.